The number of nitrogens with zero attached hydrogens (tertiary/aromatic N) is 1. The second-order valence-corrected chi connectivity index (χ2v) is 4.57. The Morgan fingerprint density at radius 1 is 1.39 bits per heavy atom. The van der Waals surface area contributed by atoms with Crippen molar-refractivity contribution in [2.45, 2.75) is 6.42 Å². The number of anilines is 1. The van der Waals surface area contributed by atoms with Gasteiger partial charge in [0, 0.05) is 25.9 Å². The highest BCUT2D eigenvalue weighted by atomic mass is 32.1. The van der Waals surface area contributed by atoms with Gasteiger partial charge in [0.1, 0.15) is 5.75 Å². The van der Waals surface area contributed by atoms with Crippen LogP contribution in [-0.2, 0) is 11.2 Å². The van der Waals surface area contributed by atoms with Crippen molar-refractivity contribution in [3.63, 3.8) is 0 Å². The van der Waals surface area contributed by atoms with Crippen LogP contribution in [0.5, 0.6) is 5.75 Å². The quantitative estimate of drug-likeness (QED) is 0.842. The summed E-state index contributed by atoms with van der Waals surface area (Å²) in [5.41, 5.74) is 2.30. The maximum Gasteiger partial charge on any atom is 0.173 e. The first-order valence-electron chi connectivity index (χ1n) is 5.96. The van der Waals surface area contributed by atoms with Gasteiger partial charge in [0.05, 0.1) is 13.7 Å². The van der Waals surface area contributed by atoms with Crippen molar-refractivity contribution in [3.05, 3.63) is 23.8 Å². The molecule has 2 rings (SSSR count). The lowest BCUT2D eigenvalue weighted by molar-refractivity contribution is 0.177. The molecule has 0 saturated carbocycles. The fourth-order valence-corrected chi connectivity index (χ4v) is 2.28. The number of thiocarbonyl (C=S) groups is 1. The summed E-state index contributed by atoms with van der Waals surface area (Å²) in [5.74, 6) is 0.881. The van der Waals surface area contributed by atoms with E-state index in [1.54, 1.807) is 14.2 Å². The molecule has 0 bridgehead atoms. The second-order valence-electron chi connectivity index (χ2n) is 4.18. The van der Waals surface area contributed by atoms with Gasteiger partial charge in [0.2, 0.25) is 0 Å². The molecule has 1 aromatic carbocycles. The van der Waals surface area contributed by atoms with E-state index in [0.29, 0.717) is 6.61 Å². The van der Waals surface area contributed by atoms with Gasteiger partial charge in [0.15, 0.2) is 5.11 Å². The van der Waals surface area contributed by atoms with E-state index in [-0.39, 0.29) is 0 Å². The van der Waals surface area contributed by atoms with Crippen LogP contribution < -0.4 is 10.1 Å². The molecular formula is C13H18N2O2S. The van der Waals surface area contributed by atoms with E-state index >= 15 is 0 Å². The first-order valence-corrected chi connectivity index (χ1v) is 6.37. The first kappa shape index (κ1) is 13.1. The average molecular weight is 266 g/mol. The maximum absolute atomic E-state index is 5.39. The van der Waals surface area contributed by atoms with Gasteiger partial charge < -0.3 is 19.7 Å². The molecule has 0 saturated heterocycles. The molecule has 5 heteroatoms. The molecule has 1 aliphatic heterocycles. The van der Waals surface area contributed by atoms with Crippen LogP contribution in [0, 0.1) is 0 Å². The summed E-state index contributed by atoms with van der Waals surface area (Å²) in [4.78, 5) is 2.13. The Morgan fingerprint density at radius 2 is 2.22 bits per heavy atom. The van der Waals surface area contributed by atoms with Gasteiger partial charge in [-0.2, -0.15) is 0 Å². The van der Waals surface area contributed by atoms with Crippen LogP contribution in [0.3, 0.4) is 0 Å². The van der Waals surface area contributed by atoms with Crippen molar-refractivity contribution in [1.82, 2.24) is 4.90 Å². The smallest absolute Gasteiger partial charge is 0.173 e. The van der Waals surface area contributed by atoms with Crippen molar-refractivity contribution in [2.75, 3.05) is 39.2 Å². The summed E-state index contributed by atoms with van der Waals surface area (Å²) in [6, 6.07) is 6.02. The third kappa shape index (κ3) is 2.91. The number of rotatable bonds is 4. The van der Waals surface area contributed by atoms with E-state index in [9.17, 15) is 0 Å². The van der Waals surface area contributed by atoms with Crippen LogP contribution in [-0.4, -0.2) is 43.9 Å². The van der Waals surface area contributed by atoms with Gasteiger partial charge in [-0.15, -0.1) is 0 Å². The average Bonchev–Trinajstić information content (AvgIpc) is 2.54. The fraction of sp³-hybridized carbons (Fsp3) is 0.462. The maximum atomic E-state index is 5.39. The minimum Gasteiger partial charge on any atom is -0.497 e. The molecule has 0 atom stereocenters. The summed E-state index contributed by atoms with van der Waals surface area (Å²) >= 11 is 5.39. The first-order chi connectivity index (χ1) is 8.74. The predicted molar refractivity (Wildman–Crippen MR) is 76.4 cm³/mol. The summed E-state index contributed by atoms with van der Waals surface area (Å²) < 4.78 is 10.3. The van der Waals surface area contributed by atoms with Crippen molar-refractivity contribution in [1.29, 1.82) is 0 Å². The van der Waals surface area contributed by atoms with E-state index in [1.165, 1.54) is 5.56 Å². The fourth-order valence-electron chi connectivity index (χ4n) is 1.99. The highest BCUT2D eigenvalue weighted by molar-refractivity contribution is 7.80. The van der Waals surface area contributed by atoms with Crippen molar-refractivity contribution in [2.24, 2.45) is 0 Å². The lowest BCUT2D eigenvalue weighted by Crippen LogP contribution is -2.36. The Balaban J connectivity index is 2.13. The standard InChI is InChI=1S/C13H18N2O2S/c1-16-8-7-15-6-5-10-9-11(17-2)3-4-12(10)14-13(15)18/h3-4,9H,5-8H2,1-2H3,(H,14,18). The molecule has 1 heterocycles. The molecule has 1 aliphatic rings. The summed E-state index contributed by atoms with van der Waals surface area (Å²) in [7, 11) is 3.38. The van der Waals surface area contributed by atoms with Gasteiger partial charge in [-0.1, -0.05) is 0 Å². The third-order valence-corrected chi connectivity index (χ3v) is 3.42. The number of fused-ring (bicyclic) bond motifs is 1. The van der Waals surface area contributed by atoms with E-state index in [1.807, 2.05) is 12.1 Å². The summed E-state index contributed by atoms with van der Waals surface area (Å²) in [6.07, 6.45) is 0.948. The van der Waals surface area contributed by atoms with Gasteiger partial charge in [-0.25, -0.2) is 0 Å². The van der Waals surface area contributed by atoms with Gasteiger partial charge in [0.25, 0.3) is 0 Å². The Labute approximate surface area is 113 Å². The topological polar surface area (TPSA) is 33.7 Å². The molecule has 1 N–H and O–H groups in total. The van der Waals surface area contributed by atoms with E-state index < -0.39 is 0 Å². The summed E-state index contributed by atoms with van der Waals surface area (Å²) in [6.45, 7) is 2.39. The van der Waals surface area contributed by atoms with E-state index in [4.69, 9.17) is 21.7 Å². The number of methoxy groups -OCH3 is 2. The molecule has 4 nitrogen and oxygen atoms in total. The predicted octanol–water partition coefficient (Wildman–Crippen LogP) is 1.90. The zero-order valence-electron chi connectivity index (χ0n) is 10.7. The number of nitrogens with one attached hydrogen (secondary N) is 1. The Bertz CT molecular complexity index is 437. The zero-order valence-corrected chi connectivity index (χ0v) is 11.5. The highest BCUT2D eigenvalue weighted by Gasteiger charge is 2.17. The Hall–Kier alpha value is -1.33. The molecule has 0 fully saturated rings. The number of hydrogen-bond donors (Lipinski definition) is 1. The second kappa shape index (κ2) is 6.02. The van der Waals surface area contributed by atoms with Crippen LogP contribution in [0.15, 0.2) is 18.2 Å². The normalized spacial score (nSPS) is 14.8. The minimum atomic E-state index is 0.682. The number of ether oxygens (including phenoxy) is 2. The lowest BCUT2D eigenvalue weighted by Gasteiger charge is -2.22. The molecule has 1 aromatic rings. The highest BCUT2D eigenvalue weighted by Crippen LogP contribution is 2.25. The van der Waals surface area contributed by atoms with Crippen molar-refractivity contribution >= 4 is 23.0 Å². The molecule has 98 valence electrons. The van der Waals surface area contributed by atoms with E-state index in [0.717, 1.165) is 36.1 Å². The SMILES string of the molecule is COCCN1CCc2cc(OC)ccc2NC1=S. The minimum absolute atomic E-state index is 0.682. The summed E-state index contributed by atoms with van der Waals surface area (Å²) in [5, 5.41) is 4.04. The largest absolute Gasteiger partial charge is 0.497 e. The Morgan fingerprint density at radius 3 is 2.94 bits per heavy atom. The molecule has 0 radical (unpaired) electrons. The molecular weight excluding hydrogens is 248 g/mol. The van der Waals surface area contributed by atoms with Gasteiger partial charge in [-0.3, -0.25) is 0 Å². The monoisotopic (exact) mass is 266 g/mol. The van der Waals surface area contributed by atoms with Crippen LogP contribution in [0.1, 0.15) is 5.56 Å². The van der Waals surface area contributed by atoms with Crippen LogP contribution in [0.4, 0.5) is 5.69 Å². The van der Waals surface area contributed by atoms with Crippen LogP contribution in [0.25, 0.3) is 0 Å². The zero-order chi connectivity index (χ0) is 13.0. The van der Waals surface area contributed by atoms with E-state index in [2.05, 4.69) is 16.3 Å². The number of hydrogen-bond acceptors (Lipinski definition) is 3. The molecule has 18 heavy (non-hydrogen) atoms. The lowest BCUT2D eigenvalue weighted by atomic mass is 10.1. The third-order valence-electron chi connectivity index (χ3n) is 3.06. The van der Waals surface area contributed by atoms with Gasteiger partial charge in [-0.05, 0) is 42.4 Å². The van der Waals surface area contributed by atoms with Crippen LogP contribution in [0.2, 0.25) is 0 Å². The molecule has 0 unspecified atom stereocenters. The molecule has 0 aliphatic carbocycles. The molecule has 0 aromatic heterocycles. The van der Waals surface area contributed by atoms with Gasteiger partial charge >= 0.3 is 0 Å². The molecule has 0 spiro atoms. The Kier molecular flexibility index (Phi) is 4.38. The van der Waals surface area contributed by atoms with Crippen molar-refractivity contribution in [3.8, 4) is 5.75 Å². The van der Waals surface area contributed by atoms with Crippen LogP contribution >= 0.6 is 12.2 Å². The molecule has 0 amide bonds. The van der Waals surface area contributed by atoms with Crippen molar-refractivity contribution < 1.29 is 9.47 Å². The number of benzene rings is 1.